The van der Waals surface area contributed by atoms with Gasteiger partial charge >= 0.3 is 5.69 Å². The topological polar surface area (TPSA) is 61.6 Å². The van der Waals surface area contributed by atoms with Crippen molar-refractivity contribution in [3.63, 3.8) is 0 Å². The van der Waals surface area contributed by atoms with Crippen molar-refractivity contribution in [3.05, 3.63) is 40.5 Å². The summed E-state index contributed by atoms with van der Waals surface area (Å²) in [7, 11) is 1.38. The van der Waals surface area contributed by atoms with Gasteiger partial charge in [0.1, 0.15) is 12.4 Å². The molecule has 0 atom stereocenters. The zero-order valence-electron chi connectivity index (χ0n) is 9.26. The molecule has 0 heterocycles. The second-order valence-corrected chi connectivity index (χ2v) is 3.34. The normalized spacial score (nSPS) is 10.5. The summed E-state index contributed by atoms with van der Waals surface area (Å²) in [4.78, 5) is 10.2. The molecule has 0 fully saturated rings. The van der Waals surface area contributed by atoms with E-state index in [1.54, 1.807) is 18.2 Å². The van der Waals surface area contributed by atoms with E-state index >= 15 is 0 Å². The Kier molecular flexibility index (Phi) is 5.29. The lowest BCUT2D eigenvalue weighted by atomic mass is 10.3. The van der Waals surface area contributed by atoms with Crippen LogP contribution in [0.15, 0.2) is 30.4 Å². The molecule has 1 aromatic carbocycles. The standard InChI is InChI=1S/C11H12ClNO4/c1-16-11-5-4-9(8-10(11)13(14)15)17-7-3-2-6-12/h2-5,8H,6-7H2,1H3/b3-2+. The molecule has 0 spiro atoms. The molecule has 0 unspecified atom stereocenters. The number of allylic oxidation sites excluding steroid dienone is 1. The largest absolute Gasteiger partial charge is 0.490 e. The number of benzene rings is 1. The van der Waals surface area contributed by atoms with Crippen molar-refractivity contribution in [2.45, 2.75) is 0 Å². The van der Waals surface area contributed by atoms with Crippen molar-refractivity contribution in [1.29, 1.82) is 0 Å². The minimum Gasteiger partial charge on any atom is -0.490 e. The molecule has 17 heavy (non-hydrogen) atoms. The smallest absolute Gasteiger partial charge is 0.314 e. The molecule has 1 aromatic rings. The highest BCUT2D eigenvalue weighted by Gasteiger charge is 2.15. The highest BCUT2D eigenvalue weighted by atomic mass is 35.5. The van der Waals surface area contributed by atoms with E-state index in [4.69, 9.17) is 21.1 Å². The lowest BCUT2D eigenvalue weighted by Crippen LogP contribution is -1.97. The third-order valence-electron chi connectivity index (χ3n) is 1.95. The van der Waals surface area contributed by atoms with Gasteiger partial charge in [0.25, 0.3) is 0 Å². The van der Waals surface area contributed by atoms with Crippen LogP contribution in [0.25, 0.3) is 0 Å². The van der Waals surface area contributed by atoms with Gasteiger partial charge in [-0.1, -0.05) is 12.2 Å². The third kappa shape index (κ3) is 3.96. The van der Waals surface area contributed by atoms with Crippen LogP contribution >= 0.6 is 11.6 Å². The summed E-state index contributed by atoms with van der Waals surface area (Å²) in [5.74, 6) is 1.03. The molecule has 0 amide bonds. The van der Waals surface area contributed by atoms with Crippen LogP contribution < -0.4 is 9.47 Å². The summed E-state index contributed by atoms with van der Waals surface area (Å²) in [6, 6.07) is 4.44. The number of nitro groups is 1. The van der Waals surface area contributed by atoms with E-state index in [-0.39, 0.29) is 11.4 Å². The molecule has 6 heteroatoms. The summed E-state index contributed by atoms with van der Waals surface area (Å²) in [5.41, 5.74) is -0.119. The molecule has 5 nitrogen and oxygen atoms in total. The molecule has 0 aliphatic heterocycles. The molecule has 0 saturated heterocycles. The van der Waals surface area contributed by atoms with E-state index in [9.17, 15) is 10.1 Å². The average Bonchev–Trinajstić information content (AvgIpc) is 2.34. The third-order valence-corrected chi connectivity index (χ3v) is 2.13. The van der Waals surface area contributed by atoms with Crippen molar-refractivity contribution in [2.75, 3.05) is 19.6 Å². The van der Waals surface area contributed by atoms with Crippen molar-refractivity contribution < 1.29 is 14.4 Å². The van der Waals surface area contributed by atoms with Gasteiger partial charge in [0.05, 0.1) is 18.1 Å². The molecule has 0 aliphatic carbocycles. The minimum absolute atomic E-state index is 0.119. The van der Waals surface area contributed by atoms with Crippen LogP contribution in [0, 0.1) is 10.1 Å². The molecule has 0 N–H and O–H groups in total. The molecule has 0 bridgehead atoms. The Hall–Kier alpha value is -1.75. The van der Waals surface area contributed by atoms with Gasteiger partial charge in [-0.05, 0) is 12.1 Å². The van der Waals surface area contributed by atoms with E-state index < -0.39 is 4.92 Å². The predicted octanol–water partition coefficient (Wildman–Crippen LogP) is 2.78. The molecule has 0 saturated carbocycles. The highest BCUT2D eigenvalue weighted by molar-refractivity contribution is 6.18. The number of halogens is 1. The lowest BCUT2D eigenvalue weighted by molar-refractivity contribution is -0.385. The highest BCUT2D eigenvalue weighted by Crippen LogP contribution is 2.30. The van der Waals surface area contributed by atoms with Crippen LogP contribution in [0.1, 0.15) is 0 Å². The molecule has 0 radical (unpaired) electrons. The fourth-order valence-corrected chi connectivity index (χ4v) is 1.30. The molecule has 92 valence electrons. The van der Waals surface area contributed by atoms with Gasteiger partial charge in [-0.15, -0.1) is 11.6 Å². The van der Waals surface area contributed by atoms with Crippen LogP contribution in [-0.4, -0.2) is 24.5 Å². The Balaban J connectivity index is 2.78. The first-order valence-corrected chi connectivity index (χ1v) is 5.38. The Morgan fingerprint density at radius 3 is 2.82 bits per heavy atom. The summed E-state index contributed by atoms with van der Waals surface area (Å²) in [6.07, 6.45) is 3.47. The maximum atomic E-state index is 10.7. The fourth-order valence-electron chi connectivity index (χ4n) is 1.18. The Labute approximate surface area is 104 Å². The summed E-state index contributed by atoms with van der Waals surface area (Å²) >= 11 is 5.44. The van der Waals surface area contributed by atoms with E-state index in [0.29, 0.717) is 18.2 Å². The Bertz CT molecular complexity index is 420. The number of hydrogen-bond acceptors (Lipinski definition) is 4. The maximum Gasteiger partial charge on any atom is 0.314 e. The molecule has 1 rings (SSSR count). The van der Waals surface area contributed by atoms with Crippen molar-refractivity contribution in [1.82, 2.24) is 0 Å². The molecule has 0 aromatic heterocycles. The zero-order chi connectivity index (χ0) is 12.7. The van der Waals surface area contributed by atoms with E-state index in [2.05, 4.69) is 0 Å². The van der Waals surface area contributed by atoms with Gasteiger partial charge in [-0.25, -0.2) is 0 Å². The van der Waals surface area contributed by atoms with Gasteiger partial charge in [0.15, 0.2) is 5.75 Å². The van der Waals surface area contributed by atoms with E-state index in [1.807, 2.05) is 0 Å². The number of ether oxygens (including phenoxy) is 2. The number of methoxy groups -OCH3 is 1. The predicted molar refractivity (Wildman–Crippen MR) is 65.0 cm³/mol. The number of alkyl halides is 1. The maximum absolute atomic E-state index is 10.7. The lowest BCUT2D eigenvalue weighted by Gasteiger charge is -2.05. The quantitative estimate of drug-likeness (QED) is 0.340. The summed E-state index contributed by atoms with van der Waals surface area (Å²) in [5, 5.41) is 10.7. The SMILES string of the molecule is COc1ccc(OC/C=C/CCl)cc1[N+](=O)[O-]. The van der Waals surface area contributed by atoms with Gasteiger partial charge in [0, 0.05) is 5.88 Å². The summed E-state index contributed by atoms with van der Waals surface area (Å²) in [6.45, 7) is 0.316. The summed E-state index contributed by atoms with van der Waals surface area (Å²) < 4.78 is 10.2. The number of rotatable bonds is 6. The Morgan fingerprint density at radius 1 is 1.47 bits per heavy atom. The molecule has 0 aliphatic rings. The van der Waals surface area contributed by atoms with Gasteiger partial charge < -0.3 is 9.47 Å². The first-order chi connectivity index (χ1) is 8.19. The second kappa shape index (κ2) is 6.75. The van der Waals surface area contributed by atoms with Gasteiger partial charge in [0.2, 0.25) is 0 Å². The average molecular weight is 258 g/mol. The Morgan fingerprint density at radius 2 is 2.24 bits per heavy atom. The fraction of sp³-hybridized carbons (Fsp3) is 0.273. The zero-order valence-corrected chi connectivity index (χ0v) is 10.0. The van der Waals surface area contributed by atoms with E-state index in [0.717, 1.165) is 0 Å². The second-order valence-electron chi connectivity index (χ2n) is 3.03. The molecular weight excluding hydrogens is 246 g/mol. The first-order valence-electron chi connectivity index (χ1n) is 4.85. The van der Waals surface area contributed by atoms with Crippen molar-refractivity contribution in [2.24, 2.45) is 0 Å². The first kappa shape index (κ1) is 13.3. The van der Waals surface area contributed by atoms with Crippen LogP contribution in [-0.2, 0) is 0 Å². The van der Waals surface area contributed by atoms with Crippen molar-refractivity contribution in [3.8, 4) is 11.5 Å². The number of hydrogen-bond donors (Lipinski definition) is 0. The van der Waals surface area contributed by atoms with Crippen LogP contribution in [0.5, 0.6) is 11.5 Å². The monoisotopic (exact) mass is 257 g/mol. The van der Waals surface area contributed by atoms with E-state index in [1.165, 1.54) is 19.2 Å². The van der Waals surface area contributed by atoms with Gasteiger partial charge in [-0.2, -0.15) is 0 Å². The van der Waals surface area contributed by atoms with Crippen molar-refractivity contribution >= 4 is 17.3 Å². The van der Waals surface area contributed by atoms with Gasteiger partial charge in [-0.3, -0.25) is 10.1 Å². The molecular formula is C11H12ClNO4. The van der Waals surface area contributed by atoms with Crippen LogP contribution in [0.3, 0.4) is 0 Å². The minimum atomic E-state index is -0.514. The number of nitrogens with zero attached hydrogens (tertiary/aromatic N) is 1. The van der Waals surface area contributed by atoms with Crippen LogP contribution in [0.4, 0.5) is 5.69 Å². The van der Waals surface area contributed by atoms with Crippen LogP contribution in [0.2, 0.25) is 0 Å². The number of nitro benzene ring substituents is 1.